The molecular weight excluding hydrogens is 356 g/mol. The molecule has 3 saturated carbocycles. The third kappa shape index (κ3) is 3.55. The fourth-order valence-corrected chi connectivity index (χ4v) is 8.74. The van der Waals surface area contributed by atoms with Crippen LogP contribution in [-0.2, 0) is 0 Å². The standard InChI is InChI=1S/C27H46O2/c1-17(2)7-6-8-18(3)20-11-12-21-19-9-10-23-25(29)24(28)14-16-27(23,5)22(19)13-15-26(20,21)4/h10,17-22,24-25,28-29H,6-9,11-16H2,1-5H3/t18-,19+,20?,21+,22+,24+,25+,26-,27-/m1/s1. The molecule has 9 atom stereocenters. The van der Waals surface area contributed by atoms with Gasteiger partial charge in [0.05, 0.1) is 6.10 Å². The van der Waals surface area contributed by atoms with Crippen molar-refractivity contribution in [1.29, 1.82) is 0 Å². The topological polar surface area (TPSA) is 40.5 Å². The Hall–Kier alpha value is -0.340. The number of allylic oxidation sites excluding steroid dienone is 1. The molecule has 1 unspecified atom stereocenters. The Bertz CT molecular complexity index is 624. The van der Waals surface area contributed by atoms with Gasteiger partial charge in [-0.1, -0.05) is 60.0 Å². The first-order chi connectivity index (χ1) is 13.7. The Morgan fingerprint density at radius 3 is 2.45 bits per heavy atom. The van der Waals surface area contributed by atoms with Crippen molar-refractivity contribution in [2.24, 2.45) is 46.3 Å². The van der Waals surface area contributed by atoms with Gasteiger partial charge in [0, 0.05) is 0 Å². The molecule has 0 aliphatic heterocycles. The minimum absolute atomic E-state index is 0.115. The molecule has 0 radical (unpaired) electrons. The SMILES string of the molecule is CC(C)CCC[C@@H](C)C1CC[C@H]2[C@@H]3CC=C4[C@H](O)[C@@H](O)CC[C@]4(C)[C@H]3CC[C@]12C. The molecule has 0 aromatic carbocycles. The lowest BCUT2D eigenvalue weighted by molar-refractivity contribution is -0.0801. The highest BCUT2D eigenvalue weighted by molar-refractivity contribution is 5.29. The maximum absolute atomic E-state index is 10.7. The molecule has 0 heterocycles. The van der Waals surface area contributed by atoms with Crippen molar-refractivity contribution in [2.75, 3.05) is 0 Å². The Labute approximate surface area is 179 Å². The van der Waals surface area contributed by atoms with Gasteiger partial charge in [-0.05, 0) is 96.9 Å². The Morgan fingerprint density at radius 1 is 0.966 bits per heavy atom. The summed E-state index contributed by atoms with van der Waals surface area (Å²) < 4.78 is 0. The summed E-state index contributed by atoms with van der Waals surface area (Å²) >= 11 is 0. The summed E-state index contributed by atoms with van der Waals surface area (Å²) in [7, 11) is 0. The fourth-order valence-electron chi connectivity index (χ4n) is 8.74. The van der Waals surface area contributed by atoms with E-state index >= 15 is 0 Å². The fraction of sp³-hybridized carbons (Fsp3) is 0.926. The van der Waals surface area contributed by atoms with Crippen LogP contribution in [0.3, 0.4) is 0 Å². The van der Waals surface area contributed by atoms with E-state index in [1.165, 1.54) is 50.5 Å². The second kappa shape index (κ2) is 7.97. The molecule has 166 valence electrons. The molecule has 0 aromatic heterocycles. The lowest BCUT2D eigenvalue weighted by atomic mass is 9.46. The number of fused-ring (bicyclic) bond motifs is 5. The smallest absolute Gasteiger partial charge is 0.101 e. The third-order valence-electron chi connectivity index (χ3n) is 10.4. The molecule has 2 heteroatoms. The van der Waals surface area contributed by atoms with E-state index in [2.05, 4.69) is 40.7 Å². The molecule has 4 aliphatic carbocycles. The number of aliphatic hydroxyl groups is 2. The van der Waals surface area contributed by atoms with Crippen LogP contribution in [0.2, 0.25) is 0 Å². The number of hydrogen-bond donors (Lipinski definition) is 2. The zero-order valence-corrected chi connectivity index (χ0v) is 19.7. The monoisotopic (exact) mass is 402 g/mol. The summed E-state index contributed by atoms with van der Waals surface area (Å²) in [4.78, 5) is 0. The van der Waals surface area contributed by atoms with E-state index in [0.29, 0.717) is 11.3 Å². The number of hydrogen-bond acceptors (Lipinski definition) is 2. The van der Waals surface area contributed by atoms with Crippen LogP contribution in [-0.4, -0.2) is 22.4 Å². The van der Waals surface area contributed by atoms with Crippen LogP contribution < -0.4 is 0 Å². The summed E-state index contributed by atoms with van der Waals surface area (Å²) in [6.45, 7) is 12.3. The van der Waals surface area contributed by atoms with Crippen LogP contribution in [0.4, 0.5) is 0 Å². The molecule has 4 aliphatic rings. The van der Waals surface area contributed by atoms with Gasteiger partial charge in [0.2, 0.25) is 0 Å². The molecule has 0 bridgehead atoms. The van der Waals surface area contributed by atoms with Crippen LogP contribution >= 0.6 is 0 Å². The zero-order valence-electron chi connectivity index (χ0n) is 19.7. The van der Waals surface area contributed by atoms with E-state index in [1.54, 1.807) is 0 Å². The minimum Gasteiger partial charge on any atom is -0.390 e. The highest BCUT2D eigenvalue weighted by atomic mass is 16.3. The average Bonchev–Trinajstić information content (AvgIpc) is 3.02. The minimum atomic E-state index is -0.625. The Balaban J connectivity index is 1.51. The molecule has 0 spiro atoms. The van der Waals surface area contributed by atoms with Crippen molar-refractivity contribution in [2.45, 2.75) is 111 Å². The van der Waals surface area contributed by atoms with Crippen molar-refractivity contribution >= 4 is 0 Å². The predicted octanol–water partition coefficient (Wildman–Crippen LogP) is 6.36. The van der Waals surface area contributed by atoms with E-state index in [4.69, 9.17) is 0 Å². The van der Waals surface area contributed by atoms with E-state index in [1.807, 2.05) is 0 Å². The quantitative estimate of drug-likeness (QED) is 0.525. The van der Waals surface area contributed by atoms with Crippen LogP contribution in [0, 0.1) is 46.3 Å². The van der Waals surface area contributed by atoms with Crippen LogP contribution in [0.5, 0.6) is 0 Å². The third-order valence-corrected chi connectivity index (χ3v) is 10.4. The van der Waals surface area contributed by atoms with E-state index < -0.39 is 12.2 Å². The molecule has 29 heavy (non-hydrogen) atoms. The van der Waals surface area contributed by atoms with E-state index in [-0.39, 0.29) is 5.41 Å². The maximum Gasteiger partial charge on any atom is 0.101 e. The molecule has 0 amide bonds. The molecule has 4 rings (SSSR count). The van der Waals surface area contributed by atoms with Gasteiger partial charge in [-0.2, -0.15) is 0 Å². The van der Waals surface area contributed by atoms with Crippen molar-refractivity contribution in [3.05, 3.63) is 11.6 Å². The summed E-state index contributed by atoms with van der Waals surface area (Å²) in [5.74, 6) is 4.95. The molecule has 2 nitrogen and oxygen atoms in total. The van der Waals surface area contributed by atoms with Gasteiger partial charge in [-0.25, -0.2) is 0 Å². The largest absolute Gasteiger partial charge is 0.390 e. The van der Waals surface area contributed by atoms with Gasteiger partial charge in [-0.3, -0.25) is 0 Å². The molecule has 2 N–H and O–H groups in total. The first-order valence-electron chi connectivity index (χ1n) is 12.7. The Kier molecular flexibility index (Phi) is 6.01. The van der Waals surface area contributed by atoms with Crippen LogP contribution in [0.15, 0.2) is 11.6 Å². The second-order valence-electron chi connectivity index (χ2n) is 12.3. The number of aliphatic hydroxyl groups excluding tert-OH is 2. The van der Waals surface area contributed by atoms with Gasteiger partial charge in [-0.15, -0.1) is 0 Å². The summed E-state index contributed by atoms with van der Waals surface area (Å²) in [5, 5.41) is 20.9. The summed E-state index contributed by atoms with van der Waals surface area (Å²) in [5.41, 5.74) is 1.81. The van der Waals surface area contributed by atoms with Gasteiger partial charge in [0.15, 0.2) is 0 Å². The van der Waals surface area contributed by atoms with Gasteiger partial charge < -0.3 is 10.2 Å². The number of rotatable bonds is 5. The summed E-state index contributed by atoms with van der Waals surface area (Å²) in [6.07, 6.45) is 13.9. The van der Waals surface area contributed by atoms with E-state index in [0.717, 1.165) is 48.9 Å². The Morgan fingerprint density at radius 2 is 1.72 bits per heavy atom. The molecule has 3 fully saturated rings. The second-order valence-corrected chi connectivity index (χ2v) is 12.3. The first kappa shape index (κ1) is 21.9. The summed E-state index contributed by atoms with van der Waals surface area (Å²) in [6, 6.07) is 0. The maximum atomic E-state index is 10.7. The highest BCUT2D eigenvalue weighted by Crippen LogP contribution is 2.67. The van der Waals surface area contributed by atoms with Crippen molar-refractivity contribution < 1.29 is 10.2 Å². The average molecular weight is 403 g/mol. The normalized spacial score (nSPS) is 47.9. The van der Waals surface area contributed by atoms with Gasteiger partial charge in [0.1, 0.15) is 6.10 Å². The van der Waals surface area contributed by atoms with Crippen molar-refractivity contribution in [3.63, 3.8) is 0 Å². The van der Waals surface area contributed by atoms with Gasteiger partial charge >= 0.3 is 0 Å². The van der Waals surface area contributed by atoms with Crippen LogP contribution in [0.25, 0.3) is 0 Å². The van der Waals surface area contributed by atoms with Crippen molar-refractivity contribution in [3.8, 4) is 0 Å². The molecular formula is C27H46O2. The molecule has 0 aromatic rings. The van der Waals surface area contributed by atoms with Crippen molar-refractivity contribution in [1.82, 2.24) is 0 Å². The lowest BCUT2D eigenvalue weighted by Crippen LogP contribution is -2.53. The van der Waals surface area contributed by atoms with E-state index in [9.17, 15) is 10.2 Å². The lowest BCUT2D eigenvalue weighted by Gasteiger charge is -2.59. The predicted molar refractivity (Wildman–Crippen MR) is 120 cm³/mol. The first-order valence-corrected chi connectivity index (χ1v) is 12.7. The van der Waals surface area contributed by atoms with Crippen LogP contribution in [0.1, 0.15) is 98.8 Å². The zero-order chi connectivity index (χ0) is 21.0. The molecule has 0 saturated heterocycles. The van der Waals surface area contributed by atoms with Gasteiger partial charge in [0.25, 0.3) is 0 Å². The highest BCUT2D eigenvalue weighted by Gasteiger charge is 2.60.